The Labute approximate surface area is 311 Å². The topological polar surface area (TPSA) is 137 Å². The molecule has 15 heteroatoms. The second kappa shape index (κ2) is 16.5. The summed E-state index contributed by atoms with van der Waals surface area (Å²) in [4.78, 5) is 45.5. The van der Waals surface area contributed by atoms with E-state index in [0.29, 0.717) is 42.6 Å². The maximum atomic E-state index is 15.6. The van der Waals surface area contributed by atoms with Crippen molar-refractivity contribution in [2.24, 2.45) is 5.11 Å². The van der Waals surface area contributed by atoms with E-state index in [1.807, 2.05) is 0 Å². The van der Waals surface area contributed by atoms with Gasteiger partial charge in [0.15, 0.2) is 0 Å². The van der Waals surface area contributed by atoms with Crippen LogP contribution in [-0.2, 0) is 25.5 Å². The van der Waals surface area contributed by atoms with Crippen LogP contribution in [0.4, 0.5) is 23.7 Å². The lowest BCUT2D eigenvalue weighted by Gasteiger charge is -2.50. The Morgan fingerprint density at radius 2 is 1.70 bits per heavy atom. The first kappa shape index (κ1) is 39.4. The molecular formula is C38H42ClF3N6O5. The fourth-order valence-corrected chi connectivity index (χ4v) is 7.08. The van der Waals surface area contributed by atoms with E-state index in [-0.39, 0.29) is 48.7 Å². The summed E-state index contributed by atoms with van der Waals surface area (Å²) < 4.78 is 56.8. The number of azide groups is 1. The maximum Gasteiger partial charge on any atom is 0.410 e. The molecule has 0 aromatic heterocycles. The summed E-state index contributed by atoms with van der Waals surface area (Å²) >= 11 is 6.08. The van der Waals surface area contributed by atoms with Gasteiger partial charge in [0.2, 0.25) is 11.8 Å². The highest BCUT2D eigenvalue weighted by molar-refractivity contribution is 6.30. The molecule has 1 spiro atoms. The van der Waals surface area contributed by atoms with Crippen molar-refractivity contribution < 1.29 is 37.0 Å². The molecule has 2 heterocycles. The van der Waals surface area contributed by atoms with Crippen LogP contribution in [0.5, 0.6) is 0 Å². The molecule has 3 aromatic rings. The Hall–Kier alpha value is -4.78. The van der Waals surface area contributed by atoms with Crippen LogP contribution in [0.2, 0.25) is 5.02 Å². The quantitative estimate of drug-likeness (QED) is 0.134. The summed E-state index contributed by atoms with van der Waals surface area (Å²) in [6.07, 6.45) is 0.262. The number of carbonyl (C=O) groups is 3. The summed E-state index contributed by atoms with van der Waals surface area (Å²) in [5.74, 6) is -4.45. The molecule has 0 unspecified atom stereocenters. The second-order valence-corrected chi connectivity index (χ2v) is 14.9. The number of ether oxygens (including phenoxy) is 2. The second-order valence-electron chi connectivity index (χ2n) is 14.5. The molecule has 11 nitrogen and oxygen atoms in total. The van der Waals surface area contributed by atoms with Crippen molar-refractivity contribution in [3.05, 3.63) is 110 Å². The summed E-state index contributed by atoms with van der Waals surface area (Å²) in [5.41, 5.74) is 8.70. The van der Waals surface area contributed by atoms with Crippen LogP contribution in [0, 0.1) is 17.5 Å². The molecular weight excluding hydrogens is 713 g/mol. The van der Waals surface area contributed by atoms with Crippen molar-refractivity contribution in [2.45, 2.75) is 82.6 Å². The number of hydrogen-bond donors (Lipinski definition) is 1. The van der Waals surface area contributed by atoms with Crippen molar-refractivity contribution in [1.82, 2.24) is 9.80 Å². The Kier molecular flexibility index (Phi) is 12.3. The van der Waals surface area contributed by atoms with Gasteiger partial charge in [0.25, 0.3) is 0 Å². The molecule has 0 radical (unpaired) electrons. The van der Waals surface area contributed by atoms with Crippen LogP contribution in [0.15, 0.2) is 65.8 Å². The Morgan fingerprint density at radius 3 is 2.30 bits per heavy atom. The number of amides is 3. The van der Waals surface area contributed by atoms with Crippen molar-refractivity contribution in [3.8, 4) is 0 Å². The van der Waals surface area contributed by atoms with Crippen LogP contribution in [0.25, 0.3) is 10.4 Å². The van der Waals surface area contributed by atoms with E-state index in [0.717, 1.165) is 12.1 Å². The summed E-state index contributed by atoms with van der Waals surface area (Å²) in [6, 6.07) is 11.5. The van der Waals surface area contributed by atoms with Gasteiger partial charge >= 0.3 is 6.09 Å². The minimum absolute atomic E-state index is 0.0314. The average Bonchev–Trinajstić information content (AvgIpc) is 3.07. The van der Waals surface area contributed by atoms with Gasteiger partial charge in [-0.25, -0.2) is 18.0 Å². The zero-order valence-electron chi connectivity index (χ0n) is 30.0. The van der Waals surface area contributed by atoms with Gasteiger partial charge < -0.3 is 24.6 Å². The third kappa shape index (κ3) is 10.0. The van der Waals surface area contributed by atoms with Gasteiger partial charge in [0.05, 0.1) is 24.8 Å². The molecule has 3 amide bonds. The third-order valence-electron chi connectivity index (χ3n) is 9.42. The van der Waals surface area contributed by atoms with Gasteiger partial charge in [0.1, 0.15) is 29.1 Å². The van der Waals surface area contributed by atoms with E-state index >= 15 is 4.39 Å². The first-order valence-electron chi connectivity index (χ1n) is 17.3. The minimum Gasteiger partial charge on any atom is -0.444 e. The standard InChI is InChI=1S/C38H42ClF3N6O5/c1-23(49)47-16-14-38(15-17-47)22-48(36(51)53-37(2,3)4)21-29(52-38)12-13-30-31(42)6-5-7-32(30)44-35(50)34(45-46-43)33(24-8-10-26(39)11-9-24)25-18-27(40)20-28(41)19-25/h5-11,18-20,29,33-34H,12-17,21-22H2,1-4H3,(H,44,50)/t29-,33+,34+/m1/s1. The summed E-state index contributed by atoms with van der Waals surface area (Å²) in [7, 11) is 0. The van der Waals surface area contributed by atoms with Gasteiger partial charge in [-0.2, -0.15) is 0 Å². The highest BCUT2D eigenvalue weighted by Gasteiger charge is 2.45. The van der Waals surface area contributed by atoms with E-state index < -0.39 is 58.7 Å². The van der Waals surface area contributed by atoms with Gasteiger partial charge in [-0.05, 0) is 99.5 Å². The van der Waals surface area contributed by atoms with Crippen LogP contribution in [0.3, 0.4) is 0 Å². The van der Waals surface area contributed by atoms with Crippen molar-refractivity contribution in [3.63, 3.8) is 0 Å². The molecule has 2 aliphatic heterocycles. The highest BCUT2D eigenvalue weighted by atomic mass is 35.5. The molecule has 2 aliphatic rings. The minimum atomic E-state index is -1.57. The number of nitrogens with zero attached hydrogens (tertiary/aromatic N) is 5. The number of rotatable bonds is 9. The number of likely N-dealkylation sites (tertiary alicyclic amines) is 1. The maximum absolute atomic E-state index is 15.6. The molecule has 282 valence electrons. The first-order chi connectivity index (χ1) is 25.1. The Morgan fingerprint density at radius 1 is 1.04 bits per heavy atom. The Balaban J connectivity index is 1.40. The monoisotopic (exact) mass is 754 g/mol. The zero-order valence-corrected chi connectivity index (χ0v) is 30.7. The van der Waals surface area contributed by atoms with Crippen molar-refractivity contribution in [1.29, 1.82) is 0 Å². The SMILES string of the molecule is CC(=O)N1CCC2(CC1)CN(C(=O)OC(C)(C)C)C[C@@H](CCc1c(F)cccc1NC(=O)[C@@H](N=[N+]=[N-])[C@@H](c1ccc(Cl)cc1)c1cc(F)cc(F)c1)O2. The lowest BCUT2D eigenvalue weighted by atomic mass is 9.84. The molecule has 1 N–H and O–H groups in total. The molecule has 3 aromatic carbocycles. The van der Waals surface area contributed by atoms with Gasteiger partial charge in [-0.1, -0.05) is 34.9 Å². The number of piperidine rings is 1. The van der Waals surface area contributed by atoms with E-state index in [1.54, 1.807) is 42.7 Å². The lowest BCUT2D eigenvalue weighted by Crippen LogP contribution is -2.61. The number of halogens is 4. The van der Waals surface area contributed by atoms with Crippen molar-refractivity contribution >= 4 is 35.2 Å². The molecule has 2 fully saturated rings. The highest BCUT2D eigenvalue weighted by Crippen LogP contribution is 2.36. The van der Waals surface area contributed by atoms with Gasteiger partial charge in [0, 0.05) is 53.2 Å². The number of nitrogens with one attached hydrogen (secondary N) is 1. The first-order valence-corrected chi connectivity index (χ1v) is 17.7. The summed E-state index contributed by atoms with van der Waals surface area (Å²) in [6.45, 7) is 8.20. The smallest absolute Gasteiger partial charge is 0.410 e. The number of hydrogen-bond acceptors (Lipinski definition) is 6. The number of carbonyl (C=O) groups excluding carboxylic acids is 3. The largest absolute Gasteiger partial charge is 0.444 e. The van der Waals surface area contributed by atoms with Crippen LogP contribution in [0.1, 0.15) is 69.6 Å². The number of anilines is 1. The molecule has 3 atom stereocenters. The molecule has 0 saturated carbocycles. The van der Waals surface area contributed by atoms with Crippen LogP contribution in [-0.4, -0.2) is 77.2 Å². The predicted octanol–water partition coefficient (Wildman–Crippen LogP) is 8.16. The Bertz CT molecular complexity index is 1860. The molecule has 0 aliphatic carbocycles. The fourth-order valence-electron chi connectivity index (χ4n) is 6.96. The molecule has 2 saturated heterocycles. The van der Waals surface area contributed by atoms with Gasteiger partial charge in [-0.15, -0.1) is 0 Å². The summed E-state index contributed by atoms with van der Waals surface area (Å²) in [5, 5.41) is 6.80. The fraction of sp³-hybridized carbons (Fsp3) is 0.447. The van der Waals surface area contributed by atoms with Crippen LogP contribution < -0.4 is 5.32 Å². The van der Waals surface area contributed by atoms with Crippen molar-refractivity contribution in [2.75, 3.05) is 31.5 Å². The molecule has 53 heavy (non-hydrogen) atoms. The van der Waals surface area contributed by atoms with E-state index in [1.165, 1.54) is 37.3 Å². The number of morpholine rings is 1. The predicted molar refractivity (Wildman–Crippen MR) is 193 cm³/mol. The third-order valence-corrected chi connectivity index (χ3v) is 9.67. The van der Waals surface area contributed by atoms with E-state index in [9.17, 15) is 28.7 Å². The average molecular weight is 755 g/mol. The normalized spacial score (nSPS) is 18.2. The van der Waals surface area contributed by atoms with E-state index in [2.05, 4.69) is 15.3 Å². The lowest BCUT2D eigenvalue weighted by molar-refractivity contribution is -0.176. The zero-order chi connectivity index (χ0) is 38.5. The van der Waals surface area contributed by atoms with Gasteiger partial charge in [-0.3, -0.25) is 9.59 Å². The van der Waals surface area contributed by atoms with E-state index in [4.69, 9.17) is 21.1 Å². The molecule has 0 bridgehead atoms. The molecule has 5 rings (SSSR count). The number of benzene rings is 3. The van der Waals surface area contributed by atoms with Crippen LogP contribution >= 0.6 is 11.6 Å².